The number of halogens is 2. The van der Waals surface area contributed by atoms with Crippen molar-refractivity contribution in [2.75, 3.05) is 13.7 Å². The van der Waals surface area contributed by atoms with Crippen molar-refractivity contribution < 1.29 is 17.9 Å². The number of benzene rings is 1. The van der Waals surface area contributed by atoms with Gasteiger partial charge in [0.15, 0.2) is 11.6 Å². The highest BCUT2D eigenvalue weighted by Gasteiger charge is 2.47. The summed E-state index contributed by atoms with van der Waals surface area (Å²) in [6.45, 7) is 0.355. The minimum Gasteiger partial charge on any atom is -0.490 e. The van der Waals surface area contributed by atoms with Gasteiger partial charge < -0.3 is 14.1 Å². The molecule has 0 spiro atoms. The van der Waals surface area contributed by atoms with Crippen LogP contribution in [0.25, 0.3) is 0 Å². The van der Waals surface area contributed by atoms with Gasteiger partial charge in [0.25, 0.3) is 0 Å². The molecular weight excluding hydrogens is 312 g/mol. The number of hydrogen-bond donors (Lipinski definition) is 0. The molecule has 128 valence electrons. The maximum Gasteiger partial charge on any atom is 0.200 e. The van der Waals surface area contributed by atoms with E-state index in [2.05, 4.69) is 11.9 Å². The Morgan fingerprint density at radius 2 is 2.08 bits per heavy atom. The van der Waals surface area contributed by atoms with Crippen LogP contribution >= 0.6 is 0 Å². The third kappa shape index (κ3) is 2.61. The molecule has 0 radical (unpaired) electrons. The van der Waals surface area contributed by atoms with Gasteiger partial charge in [0.2, 0.25) is 5.82 Å². The number of nitrogens with zero attached hydrogens (tertiary/aromatic N) is 1. The van der Waals surface area contributed by atoms with Gasteiger partial charge in [0, 0.05) is 23.9 Å². The van der Waals surface area contributed by atoms with Crippen LogP contribution in [0.5, 0.6) is 5.75 Å². The lowest BCUT2D eigenvalue weighted by Gasteiger charge is -2.42. The van der Waals surface area contributed by atoms with E-state index in [1.807, 2.05) is 12.1 Å². The second kappa shape index (κ2) is 6.20. The Balaban J connectivity index is 1.57. The SMILES string of the molecule is CN1C2CCC1[C@H](COc1cccc(F)c1F)[C@@H](c1ccco1)C2. The Morgan fingerprint density at radius 3 is 2.88 bits per heavy atom. The van der Waals surface area contributed by atoms with Crippen LogP contribution in [-0.4, -0.2) is 30.6 Å². The van der Waals surface area contributed by atoms with Crippen LogP contribution in [0.4, 0.5) is 8.78 Å². The Hall–Kier alpha value is -1.88. The number of rotatable bonds is 4. The first-order valence-corrected chi connectivity index (χ1v) is 8.47. The summed E-state index contributed by atoms with van der Waals surface area (Å²) in [4.78, 5) is 2.41. The van der Waals surface area contributed by atoms with Crippen LogP contribution in [0.3, 0.4) is 0 Å². The number of ether oxygens (including phenoxy) is 1. The molecule has 3 heterocycles. The highest BCUT2D eigenvalue weighted by molar-refractivity contribution is 5.25. The number of piperidine rings is 1. The summed E-state index contributed by atoms with van der Waals surface area (Å²) in [5.41, 5.74) is 0. The van der Waals surface area contributed by atoms with E-state index >= 15 is 0 Å². The Morgan fingerprint density at radius 1 is 1.21 bits per heavy atom. The van der Waals surface area contributed by atoms with Crippen molar-refractivity contribution in [1.82, 2.24) is 4.90 Å². The van der Waals surface area contributed by atoms with E-state index in [-0.39, 0.29) is 17.6 Å². The van der Waals surface area contributed by atoms with Crippen LogP contribution in [0.15, 0.2) is 41.0 Å². The van der Waals surface area contributed by atoms with E-state index in [9.17, 15) is 8.78 Å². The molecule has 2 saturated heterocycles. The summed E-state index contributed by atoms with van der Waals surface area (Å²) in [6.07, 6.45) is 4.99. The zero-order valence-electron chi connectivity index (χ0n) is 13.6. The number of furan rings is 1. The largest absolute Gasteiger partial charge is 0.490 e. The lowest BCUT2D eigenvalue weighted by Crippen LogP contribution is -2.47. The lowest BCUT2D eigenvalue weighted by atomic mass is 9.79. The van der Waals surface area contributed by atoms with Crippen molar-refractivity contribution in [2.24, 2.45) is 5.92 Å². The summed E-state index contributed by atoms with van der Waals surface area (Å²) in [7, 11) is 2.15. The molecule has 24 heavy (non-hydrogen) atoms. The second-order valence-electron chi connectivity index (χ2n) is 6.85. The Labute approximate surface area is 140 Å². The summed E-state index contributed by atoms with van der Waals surface area (Å²) in [5, 5.41) is 0. The fourth-order valence-electron chi connectivity index (χ4n) is 4.42. The fraction of sp³-hybridized carbons (Fsp3) is 0.474. The lowest BCUT2D eigenvalue weighted by molar-refractivity contribution is 0.0583. The third-order valence-corrected chi connectivity index (χ3v) is 5.69. The maximum atomic E-state index is 13.9. The summed E-state index contributed by atoms with van der Waals surface area (Å²) < 4.78 is 38.6. The van der Waals surface area contributed by atoms with Crippen molar-refractivity contribution in [3.63, 3.8) is 0 Å². The standard InChI is InChI=1S/C19H21F2NO2/c1-22-12-7-8-16(22)14(13(10-12)17-6-3-9-23-17)11-24-18-5-2-4-15(20)19(18)21/h2-6,9,12-14,16H,7-8,10-11H2,1H3/t12?,13-,14+,16?/m0/s1. The molecule has 5 heteroatoms. The van der Waals surface area contributed by atoms with E-state index < -0.39 is 11.6 Å². The topological polar surface area (TPSA) is 25.6 Å². The van der Waals surface area contributed by atoms with Crippen molar-refractivity contribution in [3.8, 4) is 5.75 Å². The van der Waals surface area contributed by atoms with Crippen LogP contribution in [0.2, 0.25) is 0 Å². The minimum absolute atomic E-state index is 0.0176. The van der Waals surface area contributed by atoms with Crippen molar-refractivity contribution >= 4 is 0 Å². The van der Waals surface area contributed by atoms with Crippen LogP contribution in [0.1, 0.15) is 30.9 Å². The van der Waals surface area contributed by atoms with Crippen molar-refractivity contribution in [1.29, 1.82) is 0 Å². The maximum absolute atomic E-state index is 13.9. The summed E-state index contributed by atoms with van der Waals surface area (Å²) >= 11 is 0. The fourth-order valence-corrected chi connectivity index (χ4v) is 4.42. The van der Waals surface area contributed by atoms with Gasteiger partial charge >= 0.3 is 0 Å². The van der Waals surface area contributed by atoms with Crippen molar-refractivity contribution in [2.45, 2.75) is 37.3 Å². The smallest absolute Gasteiger partial charge is 0.200 e. The molecule has 3 nitrogen and oxygen atoms in total. The molecule has 4 atom stereocenters. The molecule has 0 amide bonds. The van der Waals surface area contributed by atoms with Crippen LogP contribution < -0.4 is 4.74 Å². The molecule has 2 unspecified atom stereocenters. The predicted octanol–water partition coefficient (Wildman–Crippen LogP) is 4.20. The first kappa shape index (κ1) is 15.6. The molecule has 0 aliphatic carbocycles. The minimum atomic E-state index is -0.916. The van der Waals surface area contributed by atoms with Gasteiger partial charge in [-0.15, -0.1) is 0 Å². The van der Waals surface area contributed by atoms with Gasteiger partial charge in [0.05, 0.1) is 12.9 Å². The van der Waals surface area contributed by atoms with E-state index in [4.69, 9.17) is 9.15 Å². The molecule has 1 aromatic heterocycles. The van der Waals surface area contributed by atoms with E-state index in [0.717, 1.165) is 24.7 Å². The monoisotopic (exact) mass is 333 g/mol. The van der Waals surface area contributed by atoms with Gasteiger partial charge in [0.1, 0.15) is 5.76 Å². The Bertz CT molecular complexity index is 703. The van der Waals surface area contributed by atoms with Crippen LogP contribution in [-0.2, 0) is 0 Å². The summed E-state index contributed by atoms with van der Waals surface area (Å²) in [5.74, 6) is -0.394. The molecule has 4 rings (SSSR count). The zero-order chi connectivity index (χ0) is 16.7. The molecule has 2 bridgehead atoms. The predicted molar refractivity (Wildman–Crippen MR) is 86.0 cm³/mol. The van der Waals surface area contributed by atoms with Crippen molar-refractivity contribution in [3.05, 3.63) is 54.0 Å². The van der Waals surface area contributed by atoms with Gasteiger partial charge in [-0.05, 0) is 50.6 Å². The van der Waals surface area contributed by atoms with Gasteiger partial charge in [-0.25, -0.2) is 4.39 Å². The molecule has 0 N–H and O–H groups in total. The first-order chi connectivity index (χ1) is 11.6. The molecule has 2 fully saturated rings. The molecule has 0 saturated carbocycles. The molecule has 2 aromatic rings. The van der Waals surface area contributed by atoms with Gasteiger partial charge in [-0.2, -0.15) is 4.39 Å². The molecular formula is C19H21F2NO2. The molecule has 2 aliphatic rings. The third-order valence-electron chi connectivity index (χ3n) is 5.69. The normalized spacial score (nSPS) is 29.8. The van der Waals surface area contributed by atoms with Crippen LogP contribution in [0, 0.1) is 17.6 Å². The van der Waals surface area contributed by atoms with E-state index in [0.29, 0.717) is 18.7 Å². The second-order valence-corrected chi connectivity index (χ2v) is 6.85. The average molecular weight is 333 g/mol. The van der Waals surface area contributed by atoms with E-state index in [1.165, 1.54) is 18.6 Å². The summed E-state index contributed by atoms with van der Waals surface area (Å²) in [6, 6.07) is 8.90. The average Bonchev–Trinajstić information content (AvgIpc) is 3.17. The number of hydrogen-bond acceptors (Lipinski definition) is 3. The zero-order valence-corrected chi connectivity index (χ0v) is 13.6. The first-order valence-electron chi connectivity index (χ1n) is 8.47. The van der Waals surface area contributed by atoms with E-state index in [1.54, 1.807) is 6.26 Å². The highest BCUT2D eigenvalue weighted by Crippen LogP contribution is 2.46. The van der Waals surface area contributed by atoms with Gasteiger partial charge in [-0.3, -0.25) is 0 Å². The quantitative estimate of drug-likeness (QED) is 0.838. The Kier molecular flexibility index (Phi) is 4.04. The molecule has 1 aromatic carbocycles. The highest BCUT2D eigenvalue weighted by atomic mass is 19.2. The van der Waals surface area contributed by atoms with Gasteiger partial charge in [-0.1, -0.05) is 6.07 Å². The molecule has 2 aliphatic heterocycles. The number of fused-ring (bicyclic) bond motifs is 2.